The summed E-state index contributed by atoms with van der Waals surface area (Å²) in [5.41, 5.74) is 1.11. The predicted octanol–water partition coefficient (Wildman–Crippen LogP) is 5.29. The molecule has 0 aliphatic carbocycles. The number of hydrogen-bond donors (Lipinski definition) is 0. The second kappa shape index (κ2) is 6.13. The van der Waals surface area contributed by atoms with Gasteiger partial charge in [0.15, 0.2) is 0 Å². The summed E-state index contributed by atoms with van der Waals surface area (Å²) in [6, 6.07) is 14.9. The molecule has 0 N–H and O–H groups in total. The number of rotatable bonds is 2. The predicted molar refractivity (Wildman–Crippen MR) is 102 cm³/mol. The summed E-state index contributed by atoms with van der Waals surface area (Å²) in [4.78, 5) is 15.1. The van der Waals surface area contributed by atoms with Gasteiger partial charge < -0.3 is 14.1 Å². The van der Waals surface area contributed by atoms with Crippen LogP contribution >= 0.6 is 15.9 Å². The van der Waals surface area contributed by atoms with Crippen molar-refractivity contribution in [3.63, 3.8) is 0 Å². The molecule has 148 valence electrons. The molecule has 0 bridgehead atoms. The topological polar surface area (TPSA) is 42.7 Å². The Morgan fingerprint density at radius 1 is 1.07 bits per heavy atom. The number of anilines is 1. The van der Waals surface area contributed by atoms with Gasteiger partial charge in [0.2, 0.25) is 11.7 Å². The molecule has 0 radical (unpaired) electrons. The van der Waals surface area contributed by atoms with Crippen LogP contribution in [0.3, 0.4) is 0 Å². The van der Waals surface area contributed by atoms with Gasteiger partial charge in [0, 0.05) is 15.7 Å². The Labute approximate surface area is 172 Å². The second-order valence-corrected chi connectivity index (χ2v) is 7.92. The Bertz CT molecular complexity index is 1140. The first-order valence-electron chi connectivity index (χ1n) is 8.81. The van der Waals surface area contributed by atoms with E-state index >= 15 is 0 Å². The summed E-state index contributed by atoms with van der Waals surface area (Å²) in [5, 5.41) is 0. The largest absolute Gasteiger partial charge is 0.491 e. The maximum absolute atomic E-state index is 13.6. The summed E-state index contributed by atoms with van der Waals surface area (Å²) in [7, 11) is 0. The van der Waals surface area contributed by atoms with Crippen molar-refractivity contribution in [2.24, 2.45) is 0 Å². The van der Waals surface area contributed by atoms with Crippen LogP contribution in [0.2, 0.25) is 0 Å². The van der Waals surface area contributed by atoms with Crippen LogP contribution in [-0.4, -0.2) is 12.5 Å². The van der Waals surface area contributed by atoms with Gasteiger partial charge in [-0.3, -0.25) is 4.79 Å². The number of benzene rings is 2. The van der Waals surface area contributed by atoms with Crippen molar-refractivity contribution in [1.29, 1.82) is 0 Å². The number of para-hydroxylation sites is 1. The minimum absolute atomic E-state index is 0.0610. The summed E-state index contributed by atoms with van der Waals surface area (Å²) in [5.74, 6) is -0.650. The van der Waals surface area contributed by atoms with E-state index in [4.69, 9.17) is 9.15 Å². The first-order chi connectivity index (χ1) is 13.8. The van der Waals surface area contributed by atoms with Crippen LogP contribution in [0.25, 0.3) is 0 Å². The first-order valence-corrected chi connectivity index (χ1v) is 9.60. The van der Waals surface area contributed by atoms with E-state index in [-0.39, 0.29) is 24.8 Å². The highest BCUT2D eigenvalue weighted by Crippen LogP contribution is 2.53. The SMILES string of the molecule is O=C1N(Cc2ccc(C(F)(F)F)o2)c2ccccc2[C@@]12COc1ccc(Br)cc12. The highest BCUT2D eigenvalue weighted by Gasteiger charge is 2.57. The molecule has 2 aliphatic rings. The number of amides is 1. The van der Waals surface area contributed by atoms with E-state index < -0.39 is 17.4 Å². The smallest absolute Gasteiger partial charge is 0.449 e. The van der Waals surface area contributed by atoms with Crippen LogP contribution in [-0.2, 0) is 22.9 Å². The minimum atomic E-state index is -4.57. The minimum Gasteiger partial charge on any atom is -0.491 e. The number of furan rings is 1. The van der Waals surface area contributed by atoms with Gasteiger partial charge in [-0.2, -0.15) is 13.2 Å². The van der Waals surface area contributed by atoms with E-state index in [9.17, 15) is 18.0 Å². The van der Waals surface area contributed by atoms with Crippen molar-refractivity contribution in [3.05, 3.63) is 81.7 Å². The number of alkyl halides is 3. The standard InChI is InChI=1S/C21H13BrF3NO3/c22-12-5-7-17-15(9-12)20(11-28-17)14-3-1-2-4-16(14)26(19(20)27)10-13-6-8-18(29-13)21(23,24)25/h1-9H,10-11H2/t20-/m1/s1. The molecule has 3 aromatic rings. The highest BCUT2D eigenvalue weighted by molar-refractivity contribution is 9.10. The van der Waals surface area contributed by atoms with Crippen molar-refractivity contribution in [1.82, 2.24) is 0 Å². The van der Waals surface area contributed by atoms with Gasteiger partial charge >= 0.3 is 6.18 Å². The Morgan fingerprint density at radius 2 is 1.86 bits per heavy atom. The zero-order valence-electron chi connectivity index (χ0n) is 14.8. The summed E-state index contributed by atoms with van der Waals surface area (Å²) >= 11 is 3.44. The molecule has 0 fully saturated rings. The third kappa shape index (κ3) is 2.62. The van der Waals surface area contributed by atoms with E-state index in [1.54, 1.807) is 18.2 Å². The summed E-state index contributed by atoms with van der Waals surface area (Å²) in [6.45, 7) is 0.0358. The first kappa shape index (κ1) is 18.3. The van der Waals surface area contributed by atoms with E-state index in [1.165, 1.54) is 11.0 Å². The van der Waals surface area contributed by atoms with E-state index in [0.717, 1.165) is 21.7 Å². The normalized spacial score (nSPS) is 20.1. The summed E-state index contributed by atoms with van der Waals surface area (Å²) < 4.78 is 50.2. The lowest BCUT2D eigenvalue weighted by Crippen LogP contribution is -2.42. The zero-order chi connectivity index (χ0) is 20.4. The van der Waals surface area contributed by atoms with Crippen molar-refractivity contribution < 1.29 is 27.1 Å². The number of carbonyl (C=O) groups is 1. The number of halogens is 4. The monoisotopic (exact) mass is 463 g/mol. The van der Waals surface area contributed by atoms with Crippen molar-refractivity contribution in [3.8, 4) is 5.75 Å². The van der Waals surface area contributed by atoms with Gasteiger partial charge in [0.1, 0.15) is 23.5 Å². The number of hydrogen-bond acceptors (Lipinski definition) is 3. The molecule has 1 atom stereocenters. The molecule has 2 aliphatic heterocycles. The molecule has 5 rings (SSSR count). The molecule has 1 spiro atoms. The lowest BCUT2D eigenvalue weighted by atomic mass is 9.77. The fraction of sp³-hybridized carbons (Fsp3) is 0.190. The fourth-order valence-electron chi connectivity index (χ4n) is 4.08. The van der Waals surface area contributed by atoms with Crippen LogP contribution < -0.4 is 9.64 Å². The highest BCUT2D eigenvalue weighted by atomic mass is 79.9. The van der Waals surface area contributed by atoms with Gasteiger partial charge in [-0.25, -0.2) is 0 Å². The lowest BCUT2D eigenvalue weighted by molar-refractivity contribution is -0.153. The number of nitrogens with zero attached hydrogens (tertiary/aromatic N) is 1. The molecule has 1 amide bonds. The maximum Gasteiger partial charge on any atom is 0.449 e. The molecule has 4 nitrogen and oxygen atoms in total. The third-order valence-electron chi connectivity index (χ3n) is 5.37. The van der Waals surface area contributed by atoms with Crippen LogP contribution in [0.15, 0.2) is 63.5 Å². The molecule has 8 heteroatoms. The van der Waals surface area contributed by atoms with Crippen molar-refractivity contribution in [2.75, 3.05) is 11.5 Å². The van der Waals surface area contributed by atoms with Crippen molar-refractivity contribution in [2.45, 2.75) is 18.1 Å². The van der Waals surface area contributed by atoms with Gasteiger partial charge in [-0.05, 0) is 42.0 Å². The molecule has 1 aromatic heterocycles. The Kier molecular flexibility index (Phi) is 3.87. The molecule has 0 saturated heterocycles. The average Bonchev–Trinajstić information content (AvgIpc) is 3.36. The van der Waals surface area contributed by atoms with Crippen LogP contribution in [0.5, 0.6) is 5.75 Å². The Hall–Kier alpha value is -2.74. The van der Waals surface area contributed by atoms with E-state index in [0.29, 0.717) is 11.4 Å². The van der Waals surface area contributed by atoms with Crippen molar-refractivity contribution >= 4 is 27.5 Å². The lowest BCUT2D eigenvalue weighted by Gasteiger charge is -2.22. The molecule has 0 unspecified atom stereocenters. The van der Waals surface area contributed by atoms with Gasteiger partial charge in [0.05, 0.1) is 6.54 Å². The molecular formula is C21H13BrF3NO3. The Morgan fingerprint density at radius 3 is 2.62 bits per heavy atom. The molecular weight excluding hydrogens is 451 g/mol. The van der Waals surface area contributed by atoms with Crippen LogP contribution in [0, 0.1) is 0 Å². The third-order valence-corrected chi connectivity index (χ3v) is 5.86. The maximum atomic E-state index is 13.6. The molecule has 2 aromatic carbocycles. The average molecular weight is 464 g/mol. The Balaban J connectivity index is 1.60. The second-order valence-electron chi connectivity index (χ2n) is 7.01. The molecule has 0 saturated carbocycles. The van der Waals surface area contributed by atoms with Crippen LogP contribution in [0.4, 0.5) is 18.9 Å². The van der Waals surface area contributed by atoms with Gasteiger partial charge in [0.25, 0.3) is 0 Å². The van der Waals surface area contributed by atoms with E-state index in [2.05, 4.69) is 15.9 Å². The van der Waals surface area contributed by atoms with E-state index in [1.807, 2.05) is 24.3 Å². The number of fused-ring (bicyclic) bond motifs is 4. The molecule has 29 heavy (non-hydrogen) atoms. The summed E-state index contributed by atoms with van der Waals surface area (Å²) in [6.07, 6.45) is -4.57. The van der Waals surface area contributed by atoms with Gasteiger partial charge in [-0.1, -0.05) is 34.1 Å². The number of carbonyl (C=O) groups excluding carboxylic acids is 1. The quantitative estimate of drug-likeness (QED) is 0.518. The molecule has 3 heterocycles. The zero-order valence-corrected chi connectivity index (χ0v) is 16.4. The van der Waals surface area contributed by atoms with Crippen LogP contribution in [0.1, 0.15) is 22.6 Å². The fourth-order valence-corrected chi connectivity index (χ4v) is 4.44. The van der Waals surface area contributed by atoms with Gasteiger partial charge in [-0.15, -0.1) is 0 Å². The number of ether oxygens (including phenoxy) is 1.